The Morgan fingerprint density at radius 1 is 0.962 bits per heavy atom. The Balaban J connectivity index is 2.39. The number of hydrogen-bond acceptors (Lipinski definition) is 7. The van der Waals surface area contributed by atoms with Gasteiger partial charge in [-0.25, -0.2) is 8.42 Å². The first-order valence-corrected chi connectivity index (χ1v) is 9.04. The summed E-state index contributed by atoms with van der Waals surface area (Å²) in [5.41, 5.74) is 7.20. The van der Waals surface area contributed by atoms with Crippen LogP contribution in [0.15, 0.2) is 35.2 Å². The SMILES string of the molecule is COCc1ccc(S(=O)(=O)Nc2cc(OC)c(OC)c(OC)c2)cc1N. The number of sulfonamides is 1. The molecule has 0 aliphatic heterocycles. The van der Waals surface area contributed by atoms with Crippen LogP contribution in [-0.4, -0.2) is 36.9 Å². The second-order valence-corrected chi connectivity index (χ2v) is 7.00. The van der Waals surface area contributed by atoms with Crippen LogP contribution >= 0.6 is 0 Å². The molecule has 0 fully saturated rings. The molecule has 8 nitrogen and oxygen atoms in total. The van der Waals surface area contributed by atoms with Gasteiger partial charge in [0, 0.05) is 30.5 Å². The fourth-order valence-electron chi connectivity index (χ4n) is 2.38. The van der Waals surface area contributed by atoms with Gasteiger partial charge >= 0.3 is 0 Å². The highest BCUT2D eigenvalue weighted by atomic mass is 32.2. The molecule has 142 valence electrons. The molecule has 0 aliphatic rings. The molecule has 0 atom stereocenters. The van der Waals surface area contributed by atoms with Crippen molar-refractivity contribution in [2.45, 2.75) is 11.5 Å². The van der Waals surface area contributed by atoms with Gasteiger partial charge in [0.2, 0.25) is 5.75 Å². The summed E-state index contributed by atoms with van der Waals surface area (Å²) < 4.78 is 48.5. The predicted molar refractivity (Wildman–Crippen MR) is 98.5 cm³/mol. The van der Waals surface area contributed by atoms with Gasteiger partial charge < -0.3 is 24.7 Å². The van der Waals surface area contributed by atoms with E-state index in [9.17, 15) is 8.42 Å². The zero-order valence-corrected chi connectivity index (χ0v) is 15.8. The van der Waals surface area contributed by atoms with Crippen LogP contribution in [0.1, 0.15) is 5.56 Å². The molecule has 0 bridgehead atoms. The standard InChI is InChI=1S/C17H22N2O6S/c1-22-10-11-5-6-13(9-14(11)18)26(20,21)19-12-7-15(23-2)17(25-4)16(8-12)24-3/h5-9,19H,10,18H2,1-4H3. The smallest absolute Gasteiger partial charge is 0.261 e. The Hall–Kier alpha value is -2.65. The number of rotatable bonds is 8. The van der Waals surface area contributed by atoms with Crippen LogP contribution in [0, 0.1) is 0 Å². The lowest BCUT2D eigenvalue weighted by Crippen LogP contribution is -2.14. The second kappa shape index (κ2) is 8.15. The van der Waals surface area contributed by atoms with Crippen molar-refractivity contribution in [3.05, 3.63) is 35.9 Å². The highest BCUT2D eigenvalue weighted by Gasteiger charge is 2.19. The van der Waals surface area contributed by atoms with Crippen molar-refractivity contribution in [1.29, 1.82) is 0 Å². The van der Waals surface area contributed by atoms with E-state index in [1.807, 2.05) is 0 Å². The minimum Gasteiger partial charge on any atom is -0.493 e. The monoisotopic (exact) mass is 382 g/mol. The molecule has 0 radical (unpaired) electrons. The van der Waals surface area contributed by atoms with E-state index in [2.05, 4.69) is 4.72 Å². The molecular weight excluding hydrogens is 360 g/mol. The largest absolute Gasteiger partial charge is 0.493 e. The molecule has 2 aromatic carbocycles. The molecule has 3 N–H and O–H groups in total. The summed E-state index contributed by atoms with van der Waals surface area (Å²) in [6.45, 7) is 0.298. The number of nitrogen functional groups attached to an aromatic ring is 1. The fourth-order valence-corrected chi connectivity index (χ4v) is 3.46. The lowest BCUT2D eigenvalue weighted by atomic mass is 10.2. The normalized spacial score (nSPS) is 11.1. The summed E-state index contributed by atoms with van der Waals surface area (Å²) >= 11 is 0. The minimum atomic E-state index is -3.86. The third-order valence-corrected chi connectivity index (χ3v) is 5.02. The maximum absolute atomic E-state index is 12.7. The number of nitrogens with one attached hydrogen (secondary N) is 1. The van der Waals surface area contributed by atoms with Crippen LogP contribution < -0.4 is 24.7 Å². The molecule has 0 saturated heterocycles. The van der Waals surface area contributed by atoms with E-state index in [1.165, 1.54) is 52.7 Å². The van der Waals surface area contributed by atoms with Crippen molar-refractivity contribution in [1.82, 2.24) is 0 Å². The van der Waals surface area contributed by atoms with Gasteiger partial charge in [-0.05, 0) is 12.1 Å². The number of hydrogen-bond donors (Lipinski definition) is 2. The zero-order chi connectivity index (χ0) is 19.3. The van der Waals surface area contributed by atoms with Crippen LogP contribution in [0.25, 0.3) is 0 Å². The molecule has 2 aromatic rings. The Morgan fingerprint density at radius 2 is 1.58 bits per heavy atom. The quantitative estimate of drug-likeness (QED) is 0.674. The van der Waals surface area contributed by atoms with Gasteiger partial charge in [0.05, 0.1) is 38.5 Å². The van der Waals surface area contributed by atoms with Crippen LogP contribution in [-0.2, 0) is 21.4 Å². The summed E-state index contributed by atoms with van der Waals surface area (Å²) in [6, 6.07) is 7.46. The lowest BCUT2D eigenvalue weighted by molar-refractivity contribution is 0.185. The lowest BCUT2D eigenvalue weighted by Gasteiger charge is -2.15. The van der Waals surface area contributed by atoms with Crippen LogP contribution in [0.4, 0.5) is 11.4 Å². The second-order valence-electron chi connectivity index (χ2n) is 5.31. The molecule has 0 spiro atoms. The number of anilines is 2. The van der Waals surface area contributed by atoms with Gasteiger partial charge in [-0.15, -0.1) is 0 Å². The van der Waals surface area contributed by atoms with Crippen LogP contribution in [0.2, 0.25) is 0 Å². The first-order valence-electron chi connectivity index (χ1n) is 7.56. The van der Waals surface area contributed by atoms with Crippen molar-refractivity contribution in [3.8, 4) is 17.2 Å². The van der Waals surface area contributed by atoms with E-state index in [-0.39, 0.29) is 10.6 Å². The topological polar surface area (TPSA) is 109 Å². The van der Waals surface area contributed by atoms with Gasteiger partial charge in [-0.3, -0.25) is 4.72 Å². The van der Waals surface area contributed by atoms with E-state index in [0.717, 1.165) is 0 Å². The van der Waals surface area contributed by atoms with Crippen molar-refractivity contribution in [2.75, 3.05) is 38.9 Å². The summed E-state index contributed by atoms with van der Waals surface area (Å²) in [5.74, 6) is 1.03. The zero-order valence-electron chi connectivity index (χ0n) is 15.0. The fraction of sp³-hybridized carbons (Fsp3) is 0.294. The summed E-state index contributed by atoms with van der Waals surface area (Å²) in [7, 11) is 2.04. The molecule has 0 heterocycles. The first-order chi connectivity index (χ1) is 12.4. The number of nitrogens with two attached hydrogens (primary N) is 1. The predicted octanol–water partition coefficient (Wildman–Crippen LogP) is 2.24. The van der Waals surface area contributed by atoms with E-state index in [1.54, 1.807) is 6.07 Å². The maximum Gasteiger partial charge on any atom is 0.261 e. The van der Waals surface area contributed by atoms with Gasteiger partial charge in [-0.1, -0.05) is 6.07 Å². The summed E-state index contributed by atoms with van der Waals surface area (Å²) in [5, 5.41) is 0. The molecule has 0 aromatic heterocycles. The van der Waals surface area contributed by atoms with Crippen molar-refractivity contribution in [2.24, 2.45) is 0 Å². The highest BCUT2D eigenvalue weighted by molar-refractivity contribution is 7.92. The minimum absolute atomic E-state index is 0.0311. The number of ether oxygens (including phenoxy) is 4. The average Bonchev–Trinajstić information content (AvgIpc) is 2.62. The highest BCUT2D eigenvalue weighted by Crippen LogP contribution is 2.40. The molecule has 2 rings (SSSR count). The molecule has 0 unspecified atom stereocenters. The summed E-state index contributed by atoms with van der Waals surface area (Å²) in [6.07, 6.45) is 0. The van der Waals surface area contributed by atoms with Crippen molar-refractivity contribution in [3.63, 3.8) is 0 Å². The maximum atomic E-state index is 12.7. The Kier molecular flexibility index (Phi) is 6.17. The van der Waals surface area contributed by atoms with Crippen molar-refractivity contribution < 1.29 is 27.4 Å². The Morgan fingerprint density at radius 3 is 2.04 bits per heavy atom. The van der Waals surface area contributed by atoms with E-state index in [4.69, 9.17) is 24.7 Å². The van der Waals surface area contributed by atoms with Crippen LogP contribution in [0.3, 0.4) is 0 Å². The molecule has 0 saturated carbocycles. The number of benzene rings is 2. The third kappa shape index (κ3) is 4.12. The van der Waals surface area contributed by atoms with Crippen molar-refractivity contribution >= 4 is 21.4 Å². The molecular formula is C17H22N2O6S. The van der Waals surface area contributed by atoms with Crippen LogP contribution in [0.5, 0.6) is 17.2 Å². The van der Waals surface area contributed by atoms with Gasteiger partial charge in [-0.2, -0.15) is 0 Å². The van der Waals surface area contributed by atoms with Gasteiger partial charge in [0.15, 0.2) is 11.5 Å². The number of methoxy groups -OCH3 is 4. The Bertz CT molecular complexity index is 858. The molecule has 0 amide bonds. The first kappa shape index (κ1) is 19.7. The third-order valence-electron chi connectivity index (χ3n) is 3.64. The van der Waals surface area contributed by atoms with Gasteiger partial charge in [0.1, 0.15) is 0 Å². The van der Waals surface area contributed by atoms with E-state index in [0.29, 0.717) is 35.1 Å². The van der Waals surface area contributed by atoms with Gasteiger partial charge in [0.25, 0.3) is 10.0 Å². The summed E-state index contributed by atoms with van der Waals surface area (Å²) in [4.78, 5) is 0.0311. The van der Waals surface area contributed by atoms with E-state index < -0.39 is 10.0 Å². The van der Waals surface area contributed by atoms with E-state index >= 15 is 0 Å². The molecule has 26 heavy (non-hydrogen) atoms. The molecule has 9 heteroatoms. The Labute approximate surface area is 152 Å². The average molecular weight is 382 g/mol. The molecule has 0 aliphatic carbocycles.